The molecule has 5 rings (SSSR count). The first-order valence-electron chi connectivity index (χ1n) is 13.5. The minimum Gasteiger partial charge on any atom is -0.481 e. The van der Waals surface area contributed by atoms with Crippen LogP contribution in [0.3, 0.4) is 0 Å². The summed E-state index contributed by atoms with van der Waals surface area (Å²) in [7, 11) is 3.59. The zero-order chi connectivity index (χ0) is 24.4. The van der Waals surface area contributed by atoms with Crippen LogP contribution in [0.1, 0.15) is 75.6 Å². The van der Waals surface area contributed by atoms with Crippen molar-refractivity contribution < 1.29 is 9.47 Å². The lowest BCUT2D eigenvalue weighted by molar-refractivity contribution is 0.0787. The molecule has 0 radical (unpaired) electrons. The normalized spacial score (nSPS) is 29.7. The summed E-state index contributed by atoms with van der Waals surface area (Å²) < 4.78 is 11.6. The number of allylic oxidation sites excluding steroid dienone is 1. The second-order valence-electron chi connectivity index (χ2n) is 10.6. The molecule has 4 aliphatic rings. The zero-order valence-corrected chi connectivity index (χ0v) is 21.9. The number of hydrogen-bond acceptors (Lipinski definition) is 5. The van der Waals surface area contributed by atoms with Gasteiger partial charge >= 0.3 is 0 Å². The molecule has 1 N–H and O–H groups in total. The molecule has 1 aromatic rings. The molecule has 0 aromatic heterocycles. The van der Waals surface area contributed by atoms with E-state index in [1.165, 1.54) is 35.1 Å². The number of nitrogens with one attached hydrogen (secondary N) is 1. The highest BCUT2D eigenvalue weighted by Crippen LogP contribution is 2.45. The van der Waals surface area contributed by atoms with Gasteiger partial charge < -0.3 is 19.7 Å². The average Bonchev–Trinajstić information content (AvgIpc) is 3.43. The second-order valence-corrected chi connectivity index (χ2v) is 10.6. The van der Waals surface area contributed by atoms with Gasteiger partial charge in [-0.05, 0) is 61.8 Å². The van der Waals surface area contributed by atoms with Crippen molar-refractivity contribution in [3.05, 3.63) is 58.5 Å². The summed E-state index contributed by atoms with van der Waals surface area (Å²) in [5, 5.41) is 3.78. The van der Waals surface area contributed by atoms with E-state index in [1.807, 2.05) is 7.11 Å². The molecular weight excluding hydrogens is 436 g/mol. The van der Waals surface area contributed by atoms with Crippen LogP contribution in [0.25, 0.3) is 0 Å². The Balaban J connectivity index is 1.42. The maximum atomic E-state index is 5.85. The van der Waals surface area contributed by atoms with E-state index in [-0.39, 0.29) is 6.10 Å². The predicted octanol–water partition coefficient (Wildman–Crippen LogP) is 4.96. The van der Waals surface area contributed by atoms with Crippen LogP contribution in [0.4, 0.5) is 0 Å². The van der Waals surface area contributed by atoms with Gasteiger partial charge in [-0.25, -0.2) is 0 Å². The summed E-state index contributed by atoms with van der Waals surface area (Å²) in [4.78, 5) is 10.4. The van der Waals surface area contributed by atoms with E-state index in [0.29, 0.717) is 18.1 Å². The smallest absolute Gasteiger partial charge is 0.210 e. The number of piperazine rings is 1. The number of unbranched alkanes of at least 4 members (excludes halogenated alkanes) is 1. The Labute approximate surface area is 211 Å². The summed E-state index contributed by atoms with van der Waals surface area (Å²) >= 11 is 0. The van der Waals surface area contributed by atoms with Crippen molar-refractivity contribution in [3.63, 3.8) is 0 Å². The molecule has 190 valence electrons. The molecule has 0 saturated carbocycles. The average molecular weight is 479 g/mol. The molecule has 6 heteroatoms. The molecule has 35 heavy (non-hydrogen) atoms. The monoisotopic (exact) mass is 478 g/mol. The topological polar surface area (TPSA) is 49.3 Å². The number of ether oxygens (including phenoxy) is 2. The Morgan fingerprint density at radius 3 is 2.54 bits per heavy atom. The summed E-state index contributed by atoms with van der Waals surface area (Å²) in [5.41, 5.74) is 5.64. The van der Waals surface area contributed by atoms with Crippen LogP contribution in [0.5, 0.6) is 0 Å². The standard InChI is InChI=1S/C29H42N4O2/c1-5-6-11-28(35-4)31-29(33-18-21-12-13-22(19-33)30-21)23-14-15-32(17-20(23)2)26-16-27(34-3)25-10-8-7-9-24(25)26/h7-11,21-22,26-27,30H,5-6,12-19H2,1-4H3/b28-11-,31-29+. The molecule has 4 unspecified atom stereocenters. The Morgan fingerprint density at radius 2 is 1.89 bits per heavy atom. The number of rotatable bonds is 7. The predicted molar refractivity (Wildman–Crippen MR) is 141 cm³/mol. The summed E-state index contributed by atoms with van der Waals surface area (Å²) in [6.07, 6.45) is 9.01. The van der Waals surface area contributed by atoms with E-state index in [2.05, 4.69) is 59.3 Å². The number of hydrogen-bond donors (Lipinski definition) is 1. The number of aliphatic imine (C=N–C) groups is 1. The van der Waals surface area contributed by atoms with E-state index >= 15 is 0 Å². The van der Waals surface area contributed by atoms with Crippen molar-refractivity contribution in [3.8, 4) is 0 Å². The molecule has 3 aliphatic heterocycles. The minimum atomic E-state index is 0.197. The number of amidine groups is 1. The lowest BCUT2D eigenvalue weighted by Crippen LogP contribution is -2.54. The number of fused-ring (bicyclic) bond motifs is 3. The SMILES string of the molecule is CCC/C=C(/N=C(\C1=C(C)CN(C2CC(OC)c3ccccc32)CC1)N1CC2CCC(C1)N2)OC. The van der Waals surface area contributed by atoms with Gasteiger partial charge in [0.15, 0.2) is 0 Å². The quantitative estimate of drug-likeness (QED) is 0.341. The van der Waals surface area contributed by atoms with Crippen LogP contribution in [-0.2, 0) is 9.47 Å². The van der Waals surface area contributed by atoms with Crippen LogP contribution in [0.15, 0.2) is 52.4 Å². The first-order valence-corrected chi connectivity index (χ1v) is 13.5. The third-order valence-electron chi connectivity index (χ3n) is 8.29. The first-order chi connectivity index (χ1) is 17.1. The van der Waals surface area contributed by atoms with E-state index in [9.17, 15) is 0 Å². The highest BCUT2D eigenvalue weighted by molar-refractivity contribution is 6.00. The Hall–Kier alpha value is -2.15. The molecule has 2 bridgehead atoms. The molecule has 1 aliphatic carbocycles. The van der Waals surface area contributed by atoms with Gasteiger partial charge in [0.2, 0.25) is 5.88 Å². The third-order valence-corrected chi connectivity index (χ3v) is 8.29. The molecule has 3 heterocycles. The molecule has 2 fully saturated rings. The fourth-order valence-electron chi connectivity index (χ4n) is 6.50. The number of nitrogens with zero attached hydrogens (tertiary/aromatic N) is 3. The van der Waals surface area contributed by atoms with Crippen LogP contribution in [0.2, 0.25) is 0 Å². The molecule has 1 aromatic carbocycles. The maximum absolute atomic E-state index is 5.85. The van der Waals surface area contributed by atoms with Gasteiger partial charge in [0, 0.05) is 51.4 Å². The van der Waals surface area contributed by atoms with Crippen LogP contribution in [0, 0.1) is 0 Å². The van der Waals surface area contributed by atoms with Crippen molar-refractivity contribution >= 4 is 5.84 Å². The minimum absolute atomic E-state index is 0.197. The fourth-order valence-corrected chi connectivity index (χ4v) is 6.50. The van der Waals surface area contributed by atoms with Gasteiger partial charge in [-0.3, -0.25) is 4.90 Å². The van der Waals surface area contributed by atoms with Gasteiger partial charge in [0.1, 0.15) is 5.84 Å². The summed E-state index contributed by atoms with van der Waals surface area (Å²) in [5.74, 6) is 1.90. The van der Waals surface area contributed by atoms with Crippen LogP contribution >= 0.6 is 0 Å². The van der Waals surface area contributed by atoms with Gasteiger partial charge in [0.05, 0.1) is 13.2 Å². The van der Waals surface area contributed by atoms with Crippen molar-refractivity contribution in [1.82, 2.24) is 15.1 Å². The summed E-state index contributed by atoms with van der Waals surface area (Å²) in [6.45, 7) is 8.59. The maximum Gasteiger partial charge on any atom is 0.210 e. The largest absolute Gasteiger partial charge is 0.481 e. The van der Waals surface area contributed by atoms with E-state index in [4.69, 9.17) is 14.5 Å². The second kappa shape index (κ2) is 10.9. The highest BCUT2D eigenvalue weighted by Gasteiger charge is 2.38. The van der Waals surface area contributed by atoms with Crippen LogP contribution in [-0.4, -0.2) is 68.1 Å². The highest BCUT2D eigenvalue weighted by atomic mass is 16.5. The molecular formula is C29H42N4O2. The summed E-state index contributed by atoms with van der Waals surface area (Å²) in [6, 6.07) is 10.4. The molecule has 0 amide bonds. The zero-order valence-electron chi connectivity index (χ0n) is 21.9. The molecule has 2 saturated heterocycles. The van der Waals surface area contributed by atoms with E-state index in [0.717, 1.165) is 63.6 Å². The Bertz CT molecular complexity index is 988. The molecule has 4 atom stereocenters. The van der Waals surface area contributed by atoms with Gasteiger partial charge in [0.25, 0.3) is 0 Å². The van der Waals surface area contributed by atoms with Gasteiger partial charge in [-0.15, -0.1) is 0 Å². The van der Waals surface area contributed by atoms with Crippen molar-refractivity contribution in [1.29, 1.82) is 0 Å². The van der Waals surface area contributed by atoms with Gasteiger partial charge in [-0.2, -0.15) is 4.99 Å². The lowest BCUT2D eigenvalue weighted by Gasteiger charge is -2.39. The van der Waals surface area contributed by atoms with E-state index < -0.39 is 0 Å². The third kappa shape index (κ3) is 5.07. The van der Waals surface area contributed by atoms with Crippen molar-refractivity contribution in [2.45, 2.75) is 76.6 Å². The number of benzene rings is 1. The van der Waals surface area contributed by atoms with E-state index in [1.54, 1.807) is 7.11 Å². The fraction of sp³-hybridized carbons (Fsp3) is 0.621. The number of likely N-dealkylation sites (tertiary alicyclic amines) is 1. The van der Waals surface area contributed by atoms with Gasteiger partial charge in [-0.1, -0.05) is 43.2 Å². The Morgan fingerprint density at radius 1 is 1.14 bits per heavy atom. The Kier molecular flexibility index (Phi) is 7.61. The van der Waals surface area contributed by atoms with Crippen molar-refractivity contribution in [2.24, 2.45) is 4.99 Å². The van der Waals surface area contributed by atoms with Crippen LogP contribution < -0.4 is 5.32 Å². The molecule has 6 nitrogen and oxygen atoms in total. The van der Waals surface area contributed by atoms with Crippen molar-refractivity contribution in [2.75, 3.05) is 40.4 Å². The molecule has 0 spiro atoms. The first kappa shape index (κ1) is 24.5. The number of methoxy groups -OCH3 is 2. The lowest BCUT2D eigenvalue weighted by atomic mass is 9.96.